The Morgan fingerprint density at radius 1 is 1.36 bits per heavy atom. The summed E-state index contributed by atoms with van der Waals surface area (Å²) in [6.45, 7) is 0.872. The fourth-order valence-electron chi connectivity index (χ4n) is 3.17. The molecule has 2 N–H and O–H groups in total. The lowest BCUT2D eigenvalue weighted by Gasteiger charge is -2.30. The van der Waals surface area contributed by atoms with Crippen LogP contribution in [0.2, 0.25) is 0 Å². The van der Waals surface area contributed by atoms with E-state index < -0.39 is 0 Å². The van der Waals surface area contributed by atoms with Crippen LogP contribution in [0.25, 0.3) is 0 Å². The maximum absolute atomic E-state index is 13.0. The van der Waals surface area contributed by atoms with E-state index in [1.807, 2.05) is 6.07 Å². The molecule has 0 radical (unpaired) electrons. The van der Waals surface area contributed by atoms with Gasteiger partial charge in [-0.05, 0) is 54.9 Å². The van der Waals surface area contributed by atoms with Gasteiger partial charge < -0.3 is 5.73 Å². The lowest BCUT2D eigenvalue weighted by Crippen LogP contribution is -2.45. The summed E-state index contributed by atoms with van der Waals surface area (Å²) < 4.78 is 13.0. The van der Waals surface area contributed by atoms with E-state index in [9.17, 15) is 9.18 Å². The first-order valence-corrected chi connectivity index (χ1v) is 8.36. The molecule has 22 heavy (non-hydrogen) atoms. The van der Waals surface area contributed by atoms with Crippen LogP contribution in [0, 0.1) is 5.82 Å². The average Bonchev–Trinajstić information content (AvgIpc) is 3.17. The van der Waals surface area contributed by atoms with Gasteiger partial charge in [0.2, 0.25) is 5.91 Å². The number of hydrogen-bond acceptors (Lipinski definition) is 3. The number of primary amides is 1. The third-order valence-corrected chi connectivity index (χ3v) is 5.21. The standard InChI is InChI=1S/C17H19FN2OS/c18-13-7-5-12(6-8-13)11-15(17(19)21)20-9-1-3-14(20)16-4-2-10-22-16/h2,4-8,10,14-15H,1,3,9,11H2,(H2,19,21). The quantitative estimate of drug-likeness (QED) is 0.920. The molecule has 0 aliphatic carbocycles. The zero-order valence-electron chi connectivity index (χ0n) is 12.2. The van der Waals surface area contributed by atoms with Gasteiger partial charge in [0.25, 0.3) is 0 Å². The summed E-state index contributed by atoms with van der Waals surface area (Å²) in [6.07, 6.45) is 2.64. The fraction of sp³-hybridized carbons (Fsp3) is 0.353. The van der Waals surface area contributed by atoms with Gasteiger partial charge >= 0.3 is 0 Å². The van der Waals surface area contributed by atoms with E-state index in [0.717, 1.165) is 24.9 Å². The number of hydrogen-bond donors (Lipinski definition) is 1. The maximum Gasteiger partial charge on any atom is 0.235 e. The van der Waals surface area contributed by atoms with Crippen molar-refractivity contribution in [1.82, 2.24) is 4.90 Å². The largest absolute Gasteiger partial charge is 0.368 e. The van der Waals surface area contributed by atoms with E-state index in [1.165, 1.54) is 17.0 Å². The molecule has 116 valence electrons. The summed E-state index contributed by atoms with van der Waals surface area (Å²) in [7, 11) is 0. The summed E-state index contributed by atoms with van der Waals surface area (Å²) in [5.74, 6) is -0.579. The van der Waals surface area contributed by atoms with E-state index >= 15 is 0 Å². The number of benzene rings is 1. The molecule has 3 rings (SSSR count). The molecule has 2 heterocycles. The maximum atomic E-state index is 13.0. The van der Waals surface area contributed by atoms with Gasteiger partial charge in [-0.2, -0.15) is 0 Å². The van der Waals surface area contributed by atoms with E-state index in [0.29, 0.717) is 6.42 Å². The molecule has 1 aromatic heterocycles. The SMILES string of the molecule is NC(=O)C(Cc1ccc(F)cc1)N1CCCC1c1cccs1. The Kier molecular flexibility index (Phi) is 4.55. The van der Waals surface area contributed by atoms with Gasteiger partial charge in [-0.15, -0.1) is 11.3 Å². The Morgan fingerprint density at radius 2 is 2.14 bits per heavy atom. The summed E-state index contributed by atoms with van der Waals surface area (Å²) in [5, 5.41) is 2.06. The Labute approximate surface area is 133 Å². The summed E-state index contributed by atoms with van der Waals surface area (Å²) >= 11 is 1.72. The molecule has 1 aliphatic rings. The molecule has 0 spiro atoms. The molecule has 1 aromatic carbocycles. The van der Waals surface area contributed by atoms with Crippen LogP contribution < -0.4 is 5.73 Å². The lowest BCUT2D eigenvalue weighted by atomic mass is 10.0. The summed E-state index contributed by atoms with van der Waals surface area (Å²) in [5.41, 5.74) is 6.59. The van der Waals surface area contributed by atoms with Gasteiger partial charge in [-0.3, -0.25) is 9.69 Å². The smallest absolute Gasteiger partial charge is 0.235 e. The molecule has 1 amide bonds. The molecule has 1 fully saturated rings. The van der Waals surface area contributed by atoms with E-state index in [2.05, 4.69) is 16.3 Å². The molecule has 2 unspecified atom stereocenters. The number of likely N-dealkylation sites (tertiary alicyclic amines) is 1. The number of halogens is 1. The van der Waals surface area contributed by atoms with Gasteiger partial charge in [-0.25, -0.2) is 4.39 Å². The monoisotopic (exact) mass is 318 g/mol. The number of rotatable bonds is 5. The first-order chi connectivity index (χ1) is 10.6. The minimum Gasteiger partial charge on any atom is -0.368 e. The van der Waals surface area contributed by atoms with Crippen molar-refractivity contribution in [3.63, 3.8) is 0 Å². The van der Waals surface area contributed by atoms with Crippen molar-refractivity contribution < 1.29 is 9.18 Å². The first kappa shape index (κ1) is 15.2. The number of amides is 1. The highest BCUT2D eigenvalue weighted by atomic mass is 32.1. The van der Waals surface area contributed by atoms with E-state index in [-0.39, 0.29) is 23.8 Å². The molecule has 2 atom stereocenters. The topological polar surface area (TPSA) is 46.3 Å². The minimum atomic E-state index is -0.347. The fourth-order valence-corrected chi connectivity index (χ4v) is 4.06. The van der Waals surface area contributed by atoms with Crippen molar-refractivity contribution in [2.75, 3.05) is 6.54 Å². The third-order valence-electron chi connectivity index (χ3n) is 4.24. The molecule has 3 nitrogen and oxygen atoms in total. The lowest BCUT2D eigenvalue weighted by molar-refractivity contribution is -0.123. The Morgan fingerprint density at radius 3 is 2.77 bits per heavy atom. The Balaban J connectivity index is 1.81. The van der Waals surface area contributed by atoms with Crippen molar-refractivity contribution in [2.45, 2.75) is 31.3 Å². The second kappa shape index (κ2) is 6.58. The van der Waals surface area contributed by atoms with Crippen molar-refractivity contribution in [2.24, 2.45) is 5.73 Å². The number of thiophene rings is 1. The normalized spacial score (nSPS) is 20.1. The van der Waals surface area contributed by atoms with Gasteiger partial charge in [0, 0.05) is 10.9 Å². The Bertz CT molecular complexity index is 627. The predicted molar refractivity (Wildman–Crippen MR) is 86.1 cm³/mol. The van der Waals surface area contributed by atoms with E-state index in [4.69, 9.17) is 5.73 Å². The molecule has 1 aliphatic heterocycles. The highest BCUT2D eigenvalue weighted by Gasteiger charge is 2.35. The average molecular weight is 318 g/mol. The van der Waals surface area contributed by atoms with Gasteiger partial charge in [0.1, 0.15) is 5.82 Å². The van der Waals surface area contributed by atoms with Gasteiger partial charge in [0.15, 0.2) is 0 Å². The number of nitrogens with two attached hydrogens (primary N) is 1. The van der Waals surface area contributed by atoms with Crippen LogP contribution in [-0.2, 0) is 11.2 Å². The van der Waals surface area contributed by atoms with Crippen LogP contribution in [0.5, 0.6) is 0 Å². The van der Waals surface area contributed by atoms with E-state index in [1.54, 1.807) is 23.5 Å². The molecule has 5 heteroatoms. The summed E-state index contributed by atoms with van der Waals surface area (Å²) in [6, 6.07) is 10.4. The second-order valence-electron chi connectivity index (χ2n) is 5.66. The molecule has 0 saturated carbocycles. The van der Waals surface area contributed by atoms with Crippen LogP contribution in [0.4, 0.5) is 4.39 Å². The molecule has 2 aromatic rings. The van der Waals surface area contributed by atoms with Gasteiger partial charge in [0.05, 0.1) is 6.04 Å². The number of carbonyl (C=O) groups excluding carboxylic acids is 1. The van der Waals surface area contributed by atoms with Crippen molar-refractivity contribution in [3.8, 4) is 0 Å². The molecule has 1 saturated heterocycles. The number of carbonyl (C=O) groups is 1. The van der Waals surface area contributed by atoms with Crippen molar-refractivity contribution >= 4 is 17.2 Å². The highest BCUT2D eigenvalue weighted by molar-refractivity contribution is 7.10. The molecular weight excluding hydrogens is 299 g/mol. The van der Waals surface area contributed by atoms with Gasteiger partial charge in [-0.1, -0.05) is 18.2 Å². The van der Waals surface area contributed by atoms with Crippen LogP contribution >= 0.6 is 11.3 Å². The minimum absolute atomic E-state index is 0.262. The van der Waals surface area contributed by atoms with Crippen LogP contribution in [0.3, 0.4) is 0 Å². The van der Waals surface area contributed by atoms with Crippen LogP contribution in [0.15, 0.2) is 41.8 Å². The zero-order chi connectivity index (χ0) is 15.5. The Hall–Kier alpha value is -1.72. The van der Waals surface area contributed by atoms with Crippen LogP contribution in [-0.4, -0.2) is 23.4 Å². The summed E-state index contributed by atoms with van der Waals surface area (Å²) in [4.78, 5) is 15.5. The second-order valence-corrected chi connectivity index (χ2v) is 6.64. The van der Waals surface area contributed by atoms with Crippen molar-refractivity contribution in [3.05, 3.63) is 58.0 Å². The number of nitrogens with zero attached hydrogens (tertiary/aromatic N) is 1. The third kappa shape index (κ3) is 3.20. The zero-order valence-corrected chi connectivity index (χ0v) is 13.1. The molecular formula is C17H19FN2OS. The van der Waals surface area contributed by atoms with Crippen molar-refractivity contribution in [1.29, 1.82) is 0 Å². The first-order valence-electron chi connectivity index (χ1n) is 7.48. The van der Waals surface area contributed by atoms with Crippen LogP contribution in [0.1, 0.15) is 29.3 Å². The molecule has 0 bridgehead atoms. The highest BCUT2D eigenvalue weighted by Crippen LogP contribution is 2.36. The predicted octanol–water partition coefficient (Wildman–Crippen LogP) is 3.12.